The standard InChI is InChI=1S/C19H23N5S/c1-14-9-12-25-17(14)13-23-19(20-2)22-11-10-21-18-8-7-15-5-3-4-6-16(15)24-18/h3-9,12H,10-11,13H2,1-2H3,(H,21,24)(H2,20,22,23). The van der Waals surface area contributed by atoms with Gasteiger partial charge in [-0.3, -0.25) is 4.99 Å². The Balaban J connectivity index is 1.44. The second-order valence-electron chi connectivity index (χ2n) is 5.70. The van der Waals surface area contributed by atoms with Crippen molar-refractivity contribution < 1.29 is 0 Å². The summed E-state index contributed by atoms with van der Waals surface area (Å²) in [7, 11) is 1.79. The highest BCUT2D eigenvalue weighted by Crippen LogP contribution is 2.15. The van der Waals surface area contributed by atoms with E-state index in [0.29, 0.717) is 0 Å². The molecule has 0 aliphatic heterocycles. The number of anilines is 1. The SMILES string of the molecule is CN=C(NCCNc1ccc2ccccc2n1)NCc1sccc1C. The summed E-state index contributed by atoms with van der Waals surface area (Å²) in [6, 6.07) is 14.4. The number of guanidine groups is 1. The molecule has 0 saturated heterocycles. The summed E-state index contributed by atoms with van der Waals surface area (Å²) in [6.07, 6.45) is 0. The van der Waals surface area contributed by atoms with Crippen LogP contribution in [0.3, 0.4) is 0 Å². The number of benzene rings is 1. The number of fused-ring (bicyclic) bond motifs is 1. The average molecular weight is 353 g/mol. The number of hydrogen-bond acceptors (Lipinski definition) is 4. The van der Waals surface area contributed by atoms with Gasteiger partial charge in [-0.15, -0.1) is 11.3 Å². The lowest BCUT2D eigenvalue weighted by atomic mass is 10.2. The van der Waals surface area contributed by atoms with E-state index in [4.69, 9.17) is 0 Å². The zero-order valence-corrected chi connectivity index (χ0v) is 15.4. The zero-order valence-electron chi connectivity index (χ0n) is 14.5. The van der Waals surface area contributed by atoms with Gasteiger partial charge in [-0.25, -0.2) is 4.98 Å². The number of para-hydroxylation sites is 1. The maximum absolute atomic E-state index is 4.61. The average Bonchev–Trinajstić information content (AvgIpc) is 3.06. The second kappa shape index (κ2) is 8.48. The topological polar surface area (TPSA) is 61.3 Å². The van der Waals surface area contributed by atoms with Crippen LogP contribution in [-0.2, 0) is 6.54 Å². The Bertz CT molecular complexity index is 856. The summed E-state index contributed by atoms with van der Waals surface area (Å²) in [5.74, 6) is 1.69. The first-order valence-electron chi connectivity index (χ1n) is 8.33. The van der Waals surface area contributed by atoms with Crippen LogP contribution in [0.5, 0.6) is 0 Å². The van der Waals surface area contributed by atoms with E-state index in [1.165, 1.54) is 10.4 Å². The minimum Gasteiger partial charge on any atom is -0.368 e. The molecular formula is C19H23N5S. The van der Waals surface area contributed by atoms with E-state index in [1.54, 1.807) is 18.4 Å². The molecule has 3 N–H and O–H groups in total. The van der Waals surface area contributed by atoms with E-state index < -0.39 is 0 Å². The van der Waals surface area contributed by atoms with Crippen molar-refractivity contribution in [3.8, 4) is 0 Å². The summed E-state index contributed by atoms with van der Waals surface area (Å²) >= 11 is 1.76. The molecule has 2 aromatic heterocycles. The smallest absolute Gasteiger partial charge is 0.191 e. The summed E-state index contributed by atoms with van der Waals surface area (Å²) in [5.41, 5.74) is 2.32. The Labute approximate surface area is 152 Å². The van der Waals surface area contributed by atoms with Gasteiger partial charge in [0, 0.05) is 30.4 Å². The molecule has 6 heteroatoms. The van der Waals surface area contributed by atoms with Crippen LogP contribution in [-0.4, -0.2) is 31.1 Å². The van der Waals surface area contributed by atoms with Gasteiger partial charge < -0.3 is 16.0 Å². The first kappa shape index (κ1) is 17.2. The van der Waals surface area contributed by atoms with Crippen molar-refractivity contribution in [2.24, 2.45) is 4.99 Å². The molecule has 0 fully saturated rings. The summed E-state index contributed by atoms with van der Waals surface area (Å²) in [4.78, 5) is 10.2. The van der Waals surface area contributed by atoms with E-state index in [1.807, 2.05) is 24.3 Å². The Morgan fingerprint density at radius 3 is 2.76 bits per heavy atom. The first-order valence-corrected chi connectivity index (χ1v) is 9.21. The van der Waals surface area contributed by atoms with Gasteiger partial charge in [0.25, 0.3) is 0 Å². The van der Waals surface area contributed by atoms with E-state index in [0.717, 1.165) is 42.3 Å². The fourth-order valence-corrected chi connectivity index (χ4v) is 3.35. The summed E-state index contributed by atoms with van der Waals surface area (Å²) in [5, 5.41) is 13.3. The fraction of sp³-hybridized carbons (Fsp3) is 0.263. The molecule has 3 rings (SSSR count). The van der Waals surface area contributed by atoms with Crippen LogP contribution in [0, 0.1) is 6.92 Å². The first-order chi connectivity index (χ1) is 12.3. The summed E-state index contributed by atoms with van der Waals surface area (Å²) in [6.45, 7) is 4.45. The van der Waals surface area contributed by atoms with Crippen LogP contribution in [0.1, 0.15) is 10.4 Å². The normalized spacial score (nSPS) is 11.5. The quantitative estimate of drug-likeness (QED) is 0.361. The molecule has 5 nitrogen and oxygen atoms in total. The molecule has 0 bridgehead atoms. The third-order valence-electron chi connectivity index (χ3n) is 3.93. The molecule has 0 radical (unpaired) electrons. The highest BCUT2D eigenvalue weighted by molar-refractivity contribution is 7.10. The molecule has 130 valence electrons. The van der Waals surface area contributed by atoms with Gasteiger partial charge in [0.2, 0.25) is 0 Å². The fourth-order valence-electron chi connectivity index (χ4n) is 2.51. The molecule has 25 heavy (non-hydrogen) atoms. The second-order valence-corrected chi connectivity index (χ2v) is 6.70. The van der Waals surface area contributed by atoms with Crippen molar-refractivity contribution in [1.82, 2.24) is 15.6 Å². The van der Waals surface area contributed by atoms with Crippen molar-refractivity contribution in [2.45, 2.75) is 13.5 Å². The van der Waals surface area contributed by atoms with Gasteiger partial charge >= 0.3 is 0 Å². The molecule has 0 spiro atoms. The molecule has 3 aromatic rings. The van der Waals surface area contributed by atoms with Gasteiger partial charge in [-0.05, 0) is 42.1 Å². The van der Waals surface area contributed by atoms with E-state index in [-0.39, 0.29) is 0 Å². The molecule has 0 aliphatic rings. The van der Waals surface area contributed by atoms with Gasteiger partial charge in [0.05, 0.1) is 12.1 Å². The number of aromatic nitrogens is 1. The largest absolute Gasteiger partial charge is 0.368 e. The highest BCUT2D eigenvalue weighted by atomic mass is 32.1. The van der Waals surface area contributed by atoms with Crippen molar-refractivity contribution in [2.75, 3.05) is 25.5 Å². The maximum atomic E-state index is 4.61. The van der Waals surface area contributed by atoms with Crippen molar-refractivity contribution in [1.29, 1.82) is 0 Å². The van der Waals surface area contributed by atoms with Crippen molar-refractivity contribution >= 4 is 34.0 Å². The monoisotopic (exact) mass is 353 g/mol. The number of pyridine rings is 1. The molecular weight excluding hydrogens is 330 g/mol. The van der Waals surface area contributed by atoms with Crippen molar-refractivity contribution in [3.05, 3.63) is 58.3 Å². The van der Waals surface area contributed by atoms with Crippen LogP contribution < -0.4 is 16.0 Å². The lowest BCUT2D eigenvalue weighted by molar-refractivity contribution is 0.816. The number of rotatable bonds is 6. The van der Waals surface area contributed by atoms with Crippen LogP contribution in [0.4, 0.5) is 5.82 Å². The number of hydrogen-bond donors (Lipinski definition) is 3. The third kappa shape index (κ3) is 4.70. The Morgan fingerprint density at radius 2 is 1.96 bits per heavy atom. The third-order valence-corrected chi connectivity index (χ3v) is 4.95. The van der Waals surface area contributed by atoms with Crippen LogP contribution in [0.25, 0.3) is 10.9 Å². The molecule has 0 amide bonds. The number of aryl methyl sites for hydroxylation is 1. The highest BCUT2D eigenvalue weighted by Gasteiger charge is 2.02. The minimum atomic E-state index is 0.762. The van der Waals surface area contributed by atoms with Crippen LogP contribution >= 0.6 is 11.3 Å². The molecule has 0 aliphatic carbocycles. The van der Waals surface area contributed by atoms with E-state index in [2.05, 4.69) is 56.4 Å². The Morgan fingerprint density at radius 1 is 1.08 bits per heavy atom. The predicted octanol–water partition coefficient (Wildman–Crippen LogP) is 3.38. The number of aliphatic imine (C=N–C) groups is 1. The number of nitrogens with zero attached hydrogens (tertiary/aromatic N) is 2. The predicted molar refractivity (Wildman–Crippen MR) is 107 cm³/mol. The number of thiophene rings is 1. The maximum Gasteiger partial charge on any atom is 0.191 e. The summed E-state index contributed by atoms with van der Waals surface area (Å²) < 4.78 is 0. The molecule has 2 heterocycles. The molecule has 1 aromatic carbocycles. The minimum absolute atomic E-state index is 0.762. The lowest BCUT2D eigenvalue weighted by Crippen LogP contribution is -2.39. The van der Waals surface area contributed by atoms with Gasteiger partial charge in [0.15, 0.2) is 5.96 Å². The van der Waals surface area contributed by atoms with Crippen LogP contribution in [0.2, 0.25) is 0 Å². The Hall–Kier alpha value is -2.60. The molecule has 0 atom stereocenters. The van der Waals surface area contributed by atoms with E-state index >= 15 is 0 Å². The lowest BCUT2D eigenvalue weighted by Gasteiger charge is -2.12. The number of nitrogens with one attached hydrogen (secondary N) is 3. The van der Waals surface area contributed by atoms with Crippen LogP contribution in [0.15, 0.2) is 52.8 Å². The van der Waals surface area contributed by atoms with Gasteiger partial charge in [-0.2, -0.15) is 0 Å². The van der Waals surface area contributed by atoms with Gasteiger partial charge in [-0.1, -0.05) is 18.2 Å². The van der Waals surface area contributed by atoms with E-state index in [9.17, 15) is 0 Å². The van der Waals surface area contributed by atoms with Gasteiger partial charge in [0.1, 0.15) is 5.82 Å². The zero-order chi connectivity index (χ0) is 17.5. The molecule has 0 unspecified atom stereocenters. The Kier molecular flexibility index (Phi) is 5.85. The molecule has 0 saturated carbocycles. The van der Waals surface area contributed by atoms with Crippen molar-refractivity contribution in [3.63, 3.8) is 0 Å².